The lowest BCUT2D eigenvalue weighted by Crippen LogP contribution is -2.44. The van der Waals surface area contributed by atoms with Crippen LogP contribution in [0.1, 0.15) is 11.1 Å². The number of benzene rings is 1. The van der Waals surface area contributed by atoms with Gasteiger partial charge in [0.15, 0.2) is 5.96 Å². The molecule has 0 amide bonds. The lowest BCUT2D eigenvalue weighted by Gasteiger charge is -2.26. The van der Waals surface area contributed by atoms with E-state index in [0.29, 0.717) is 0 Å². The Kier molecular flexibility index (Phi) is 7.04. The quantitative estimate of drug-likeness (QED) is 0.571. The van der Waals surface area contributed by atoms with Gasteiger partial charge in [-0.1, -0.05) is 24.3 Å². The molecule has 7 nitrogen and oxygen atoms in total. The van der Waals surface area contributed by atoms with Gasteiger partial charge < -0.3 is 19.9 Å². The van der Waals surface area contributed by atoms with E-state index in [-0.39, 0.29) is 0 Å². The molecule has 0 radical (unpaired) electrons. The van der Waals surface area contributed by atoms with Gasteiger partial charge in [-0.3, -0.25) is 9.89 Å². The number of rotatable bonds is 7. The molecule has 0 atom stereocenters. The summed E-state index contributed by atoms with van der Waals surface area (Å²) in [6.07, 6.45) is 5.62. The fraction of sp³-hybridized carbons (Fsp3) is 0.474. The first-order valence-electron chi connectivity index (χ1n) is 9.11. The van der Waals surface area contributed by atoms with E-state index in [0.717, 1.165) is 58.4 Å². The zero-order valence-corrected chi connectivity index (χ0v) is 15.4. The minimum absolute atomic E-state index is 0.745. The Morgan fingerprint density at radius 3 is 2.85 bits per heavy atom. The molecule has 1 aromatic carbocycles. The Morgan fingerprint density at radius 1 is 1.23 bits per heavy atom. The van der Waals surface area contributed by atoms with E-state index in [1.165, 1.54) is 11.1 Å². The third-order valence-electron chi connectivity index (χ3n) is 4.42. The number of guanidine groups is 1. The molecule has 1 saturated heterocycles. The first-order chi connectivity index (χ1) is 12.8. The highest BCUT2D eigenvalue weighted by atomic mass is 16.5. The fourth-order valence-corrected chi connectivity index (χ4v) is 2.99. The monoisotopic (exact) mass is 356 g/mol. The normalized spacial score (nSPS) is 15.8. The summed E-state index contributed by atoms with van der Waals surface area (Å²) in [5.41, 5.74) is 2.50. The van der Waals surface area contributed by atoms with Gasteiger partial charge in [0.1, 0.15) is 0 Å². The maximum atomic E-state index is 5.38. The van der Waals surface area contributed by atoms with Crippen molar-refractivity contribution < 1.29 is 4.74 Å². The van der Waals surface area contributed by atoms with Gasteiger partial charge in [-0.15, -0.1) is 0 Å². The van der Waals surface area contributed by atoms with Crippen molar-refractivity contribution in [2.75, 3.05) is 46.4 Å². The van der Waals surface area contributed by atoms with Gasteiger partial charge in [0, 0.05) is 58.7 Å². The summed E-state index contributed by atoms with van der Waals surface area (Å²) in [4.78, 5) is 10.8. The largest absolute Gasteiger partial charge is 0.379 e. The van der Waals surface area contributed by atoms with Gasteiger partial charge >= 0.3 is 0 Å². The summed E-state index contributed by atoms with van der Waals surface area (Å²) >= 11 is 0. The van der Waals surface area contributed by atoms with Crippen molar-refractivity contribution in [2.45, 2.75) is 13.1 Å². The molecule has 7 heteroatoms. The Bertz CT molecular complexity index is 679. The molecule has 1 aromatic heterocycles. The predicted molar refractivity (Wildman–Crippen MR) is 103 cm³/mol. The summed E-state index contributed by atoms with van der Waals surface area (Å²) in [7, 11) is 1.81. The van der Waals surface area contributed by atoms with Crippen LogP contribution in [0, 0.1) is 0 Å². The summed E-state index contributed by atoms with van der Waals surface area (Å²) in [5, 5.41) is 6.77. The number of morpholine rings is 1. The van der Waals surface area contributed by atoms with E-state index in [1.54, 1.807) is 13.2 Å². The number of imidazole rings is 1. The third kappa shape index (κ3) is 5.86. The van der Waals surface area contributed by atoms with Gasteiger partial charge in [0.05, 0.1) is 19.5 Å². The van der Waals surface area contributed by atoms with Crippen molar-refractivity contribution in [3.8, 4) is 0 Å². The number of hydrogen-bond donors (Lipinski definition) is 2. The van der Waals surface area contributed by atoms with Gasteiger partial charge in [-0.2, -0.15) is 0 Å². The zero-order valence-electron chi connectivity index (χ0n) is 15.4. The molecule has 140 valence electrons. The summed E-state index contributed by atoms with van der Waals surface area (Å²) in [6, 6.07) is 8.58. The van der Waals surface area contributed by atoms with Crippen molar-refractivity contribution in [2.24, 2.45) is 4.99 Å². The van der Waals surface area contributed by atoms with E-state index in [2.05, 4.69) is 54.3 Å². The second-order valence-electron chi connectivity index (χ2n) is 6.36. The van der Waals surface area contributed by atoms with Crippen LogP contribution >= 0.6 is 0 Å². The molecule has 2 heterocycles. The molecule has 0 aliphatic carbocycles. The second kappa shape index (κ2) is 9.94. The lowest BCUT2D eigenvalue weighted by atomic mass is 10.1. The number of aromatic nitrogens is 2. The minimum Gasteiger partial charge on any atom is -0.379 e. The van der Waals surface area contributed by atoms with Crippen molar-refractivity contribution in [1.82, 2.24) is 25.1 Å². The molecule has 2 aromatic rings. The van der Waals surface area contributed by atoms with Crippen LogP contribution < -0.4 is 10.6 Å². The number of nitrogens with zero attached hydrogens (tertiary/aromatic N) is 4. The Morgan fingerprint density at radius 2 is 2.08 bits per heavy atom. The van der Waals surface area contributed by atoms with Gasteiger partial charge in [0.2, 0.25) is 0 Å². The van der Waals surface area contributed by atoms with Crippen LogP contribution in [0.3, 0.4) is 0 Å². The van der Waals surface area contributed by atoms with E-state index >= 15 is 0 Å². The van der Waals surface area contributed by atoms with Gasteiger partial charge in [0.25, 0.3) is 0 Å². The highest BCUT2D eigenvalue weighted by molar-refractivity contribution is 5.79. The van der Waals surface area contributed by atoms with Crippen molar-refractivity contribution in [3.05, 3.63) is 54.1 Å². The van der Waals surface area contributed by atoms with E-state index < -0.39 is 0 Å². The molecule has 0 unspecified atom stereocenters. The molecule has 0 spiro atoms. The van der Waals surface area contributed by atoms with Crippen molar-refractivity contribution in [1.29, 1.82) is 0 Å². The molecule has 2 N–H and O–H groups in total. The average molecular weight is 356 g/mol. The smallest absolute Gasteiger partial charge is 0.191 e. The van der Waals surface area contributed by atoms with E-state index in [4.69, 9.17) is 4.74 Å². The maximum Gasteiger partial charge on any atom is 0.191 e. The number of aliphatic imine (C=N–C) groups is 1. The molecule has 0 bridgehead atoms. The van der Waals surface area contributed by atoms with E-state index in [1.807, 2.05) is 12.5 Å². The highest BCUT2D eigenvalue weighted by Crippen LogP contribution is 2.07. The topological polar surface area (TPSA) is 66.7 Å². The molecule has 1 fully saturated rings. The highest BCUT2D eigenvalue weighted by Gasteiger charge is 2.09. The molecule has 1 aliphatic rings. The van der Waals surface area contributed by atoms with Crippen LogP contribution in [-0.4, -0.2) is 66.9 Å². The van der Waals surface area contributed by atoms with Crippen LogP contribution in [0.4, 0.5) is 0 Å². The minimum atomic E-state index is 0.745. The molecule has 0 saturated carbocycles. The van der Waals surface area contributed by atoms with Crippen LogP contribution in [-0.2, 0) is 17.8 Å². The SMILES string of the molecule is CN=C(NCCN1CCOCC1)NCc1cccc(Cn2ccnc2)c1. The molecular formula is C19H28N6O. The second-order valence-corrected chi connectivity index (χ2v) is 6.36. The fourth-order valence-electron chi connectivity index (χ4n) is 2.99. The van der Waals surface area contributed by atoms with Gasteiger partial charge in [-0.05, 0) is 11.1 Å². The summed E-state index contributed by atoms with van der Waals surface area (Å²) in [6.45, 7) is 7.15. The first-order valence-corrected chi connectivity index (χ1v) is 9.11. The van der Waals surface area contributed by atoms with Crippen LogP contribution in [0.25, 0.3) is 0 Å². The van der Waals surface area contributed by atoms with Crippen molar-refractivity contribution >= 4 is 5.96 Å². The third-order valence-corrected chi connectivity index (χ3v) is 4.42. The Hall–Kier alpha value is -2.38. The number of ether oxygens (including phenoxy) is 1. The van der Waals surface area contributed by atoms with Crippen LogP contribution in [0.15, 0.2) is 48.0 Å². The lowest BCUT2D eigenvalue weighted by molar-refractivity contribution is 0.0389. The Balaban J connectivity index is 1.43. The molecular weight excluding hydrogens is 328 g/mol. The van der Waals surface area contributed by atoms with Crippen LogP contribution in [0.2, 0.25) is 0 Å². The summed E-state index contributed by atoms with van der Waals surface area (Å²) < 4.78 is 7.44. The maximum absolute atomic E-state index is 5.38. The average Bonchev–Trinajstić information content (AvgIpc) is 3.18. The number of nitrogens with one attached hydrogen (secondary N) is 2. The van der Waals surface area contributed by atoms with Crippen LogP contribution in [0.5, 0.6) is 0 Å². The first kappa shape index (κ1) is 18.4. The Labute approximate surface area is 155 Å². The summed E-state index contributed by atoms with van der Waals surface area (Å²) in [5.74, 6) is 0.832. The molecule has 3 rings (SSSR count). The predicted octanol–water partition coefficient (Wildman–Crippen LogP) is 0.929. The molecule has 26 heavy (non-hydrogen) atoms. The standard InChI is InChI=1S/C19H28N6O/c1-20-19(22-6-8-24-9-11-26-12-10-24)23-14-17-3-2-4-18(13-17)15-25-7-5-21-16-25/h2-5,7,13,16H,6,8-12,14-15H2,1H3,(H2,20,22,23). The van der Waals surface area contributed by atoms with Gasteiger partial charge in [-0.25, -0.2) is 4.98 Å². The van der Waals surface area contributed by atoms with Crippen molar-refractivity contribution in [3.63, 3.8) is 0 Å². The molecule has 1 aliphatic heterocycles. The van der Waals surface area contributed by atoms with E-state index in [9.17, 15) is 0 Å². The zero-order chi connectivity index (χ0) is 18.0. The number of hydrogen-bond acceptors (Lipinski definition) is 4.